The van der Waals surface area contributed by atoms with E-state index in [-0.39, 0.29) is 0 Å². The summed E-state index contributed by atoms with van der Waals surface area (Å²) in [4.78, 5) is 0. The lowest BCUT2D eigenvalue weighted by atomic mass is 10.0. The number of hydrogen-bond acceptors (Lipinski definition) is 5. The Labute approximate surface area is 153 Å². The van der Waals surface area contributed by atoms with Crippen LogP contribution in [-0.2, 0) is 13.6 Å². The van der Waals surface area contributed by atoms with Crippen LogP contribution in [0.5, 0.6) is 5.75 Å². The van der Waals surface area contributed by atoms with Gasteiger partial charge in [-0.05, 0) is 40.6 Å². The molecule has 1 unspecified atom stereocenters. The van der Waals surface area contributed by atoms with Crippen LogP contribution in [0.25, 0.3) is 10.8 Å². The fourth-order valence-electron chi connectivity index (χ4n) is 2.95. The molecular weight excluding hydrogens is 349 g/mol. The molecule has 0 aromatic heterocycles. The quantitative estimate of drug-likeness (QED) is 0.560. The van der Waals surface area contributed by atoms with Gasteiger partial charge in [0.2, 0.25) is 0 Å². The monoisotopic (exact) mass is 371 g/mol. The molecule has 0 amide bonds. The van der Waals surface area contributed by atoms with E-state index in [9.17, 15) is 4.57 Å². The number of methoxy groups -OCH3 is 1. The summed E-state index contributed by atoms with van der Waals surface area (Å²) in [6.07, 6.45) is 0. The molecule has 6 heteroatoms. The third-order valence-electron chi connectivity index (χ3n) is 4.34. The van der Waals surface area contributed by atoms with Crippen LogP contribution < -0.4 is 10.1 Å². The molecule has 0 fully saturated rings. The first-order valence-electron chi connectivity index (χ1n) is 8.20. The lowest BCUT2D eigenvalue weighted by molar-refractivity contribution is 0.268. The maximum absolute atomic E-state index is 13.3. The van der Waals surface area contributed by atoms with Crippen molar-refractivity contribution in [2.45, 2.75) is 5.78 Å². The zero-order chi connectivity index (χ0) is 18.6. The zero-order valence-corrected chi connectivity index (χ0v) is 15.9. The van der Waals surface area contributed by atoms with Crippen LogP contribution in [0.3, 0.4) is 0 Å². The molecule has 1 atom stereocenters. The van der Waals surface area contributed by atoms with Gasteiger partial charge in [0.05, 0.1) is 7.11 Å². The molecule has 0 bridgehead atoms. The molecule has 26 heavy (non-hydrogen) atoms. The van der Waals surface area contributed by atoms with E-state index in [1.807, 2.05) is 66.7 Å². The van der Waals surface area contributed by atoms with E-state index in [2.05, 4.69) is 5.32 Å². The molecule has 0 aliphatic carbocycles. The van der Waals surface area contributed by atoms with Gasteiger partial charge in [0, 0.05) is 19.9 Å². The van der Waals surface area contributed by atoms with Crippen LogP contribution in [-0.4, -0.2) is 21.3 Å². The van der Waals surface area contributed by atoms with E-state index in [1.165, 1.54) is 14.2 Å². The molecule has 0 radical (unpaired) electrons. The third kappa shape index (κ3) is 3.61. The molecule has 0 aliphatic heterocycles. The van der Waals surface area contributed by atoms with Gasteiger partial charge in [0.25, 0.3) is 0 Å². The van der Waals surface area contributed by atoms with Crippen LogP contribution in [0.1, 0.15) is 11.3 Å². The molecule has 3 aromatic rings. The van der Waals surface area contributed by atoms with Gasteiger partial charge < -0.3 is 19.1 Å². The Bertz CT molecular complexity index is 913. The third-order valence-corrected chi connectivity index (χ3v) is 6.39. The van der Waals surface area contributed by atoms with Crippen molar-refractivity contribution in [3.63, 3.8) is 0 Å². The van der Waals surface area contributed by atoms with Crippen LogP contribution >= 0.6 is 7.60 Å². The highest BCUT2D eigenvalue weighted by Gasteiger charge is 2.36. The summed E-state index contributed by atoms with van der Waals surface area (Å²) in [5.41, 5.74) is 1.64. The Kier molecular flexibility index (Phi) is 5.62. The molecule has 0 heterocycles. The number of benzene rings is 3. The summed E-state index contributed by atoms with van der Waals surface area (Å²) in [6, 6.07) is 21.3. The predicted octanol–water partition coefficient (Wildman–Crippen LogP) is 5.45. The molecule has 0 spiro atoms. The van der Waals surface area contributed by atoms with Gasteiger partial charge in [-0.25, -0.2) is 0 Å². The summed E-state index contributed by atoms with van der Waals surface area (Å²) in [5.74, 6) is 0.0934. The maximum atomic E-state index is 13.3. The van der Waals surface area contributed by atoms with Crippen LogP contribution in [0.15, 0.2) is 66.7 Å². The molecule has 0 aliphatic rings. The van der Waals surface area contributed by atoms with Crippen molar-refractivity contribution in [3.05, 3.63) is 72.3 Å². The number of ether oxygens (including phenoxy) is 1. The Morgan fingerprint density at radius 1 is 0.846 bits per heavy atom. The second kappa shape index (κ2) is 7.92. The van der Waals surface area contributed by atoms with E-state index in [4.69, 9.17) is 13.8 Å². The molecule has 0 saturated carbocycles. The first kappa shape index (κ1) is 18.5. The number of fused-ring (bicyclic) bond motifs is 1. The Balaban J connectivity index is 2.09. The number of hydrogen-bond donors (Lipinski definition) is 1. The highest BCUT2D eigenvalue weighted by Crippen LogP contribution is 2.60. The summed E-state index contributed by atoms with van der Waals surface area (Å²) >= 11 is 0. The molecule has 0 saturated heterocycles. The number of anilines is 1. The second-order valence-electron chi connectivity index (χ2n) is 5.75. The standard InChI is InChI=1S/C20H22NO4P/c1-23-17-13-11-16(12-14-17)21-20(26(22,24-2)25-3)19-10-6-8-15-7-4-5-9-18(15)19/h4-14,20-21H,1-3H3. The van der Waals surface area contributed by atoms with E-state index >= 15 is 0 Å². The second-order valence-corrected chi connectivity index (χ2v) is 8.08. The van der Waals surface area contributed by atoms with Crippen molar-refractivity contribution in [1.82, 2.24) is 0 Å². The summed E-state index contributed by atoms with van der Waals surface area (Å²) < 4.78 is 29.1. The lowest BCUT2D eigenvalue weighted by Crippen LogP contribution is -2.14. The van der Waals surface area contributed by atoms with Crippen molar-refractivity contribution < 1.29 is 18.3 Å². The summed E-state index contributed by atoms with van der Waals surface area (Å²) in [7, 11) is 0.974. The minimum Gasteiger partial charge on any atom is -0.497 e. The van der Waals surface area contributed by atoms with Crippen molar-refractivity contribution >= 4 is 24.1 Å². The average Bonchev–Trinajstić information content (AvgIpc) is 2.71. The fraction of sp³-hybridized carbons (Fsp3) is 0.200. The lowest BCUT2D eigenvalue weighted by Gasteiger charge is -2.27. The largest absolute Gasteiger partial charge is 0.497 e. The molecule has 3 rings (SSSR count). The highest BCUT2D eigenvalue weighted by molar-refractivity contribution is 7.54. The topological polar surface area (TPSA) is 56.8 Å². The summed E-state index contributed by atoms with van der Waals surface area (Å²) in [5, 5.41) is 5.37. The maximum Gasteiger partial charge on any atom is 0.356 e. The van der Waals surface area contributed by atoms with Gasteiger partial charge in [-0.1, -0.05) is 42.5 Å². The Morgan fingerprint density at radius 3 is 2.15 bits per heavy atom. The van der Waals surface area contributed by atoms with E-state index in [0.29, 0.717) is 0 Å². The van der Waals surface area contributed by atoms with Crippen LogP contribution in [0.4, 0.5) is 5.69 Å². The van der Waals surface area contributed by atoms with Gasteiger partial charge in [-0.3, -0.25) is 4.57 Å². The van der Waals surface area contributed by atoms with Crippen LogP contribution in [0, 0.1) is 0 Å². The van der Waals surface area contributed by atoms with Gasteiger partial charge in [-0.2, -0.15) is 0 Å². The minimum absolute atomic E-state index is 0.656. The van der Waals surface area contributed by atoms with Crippen molar-refractivity contribution in [2.75, 3.05) is 26.6 Å². The van der Waals surface area contributed by atoms with Gasteiger partial charge >= 0.3 is 7.60 Å². The summed E-state index contributed by atoms with van der Waals surface area (Å²) in [6.45, 7) is 0. The van der Waals surface area contributed by atoms with E-state index in [0.717, 1.165) is 27.8 Å². The average molecular weight is 371 g/mol. The van der Waals surface area contributed by atoms with Crippen molar-refractivity contribution in [3.8, 4) is 5.75 Å². The van der Waals surface area contributed by atoms with E-state index < -0.39 is 13.4 Å². The molecule has 1 N–H and O–H groups in total. The highest BCUT2D eigenvalue weighted by atomic mass is 31.2. The van der Waals surface area contributed by atoms with Gasteiger partial charge in [0.1, 0.15) is 5.75 Å². The minimum atomic E-state index is -3.44. The molecule has 5 nitrogen and oxygen atoms in total. The molecule has 3 aromatic carbocycles. The van der Waals surface area contributed by atoms with E-state index in [1.54, 1.807) is 7.11 Å². The van der Waals surface area contributed by atoms with Gasteiger partial charge in [0.15, 0.2) is 5.78 Å². The Morgan fingerprint density at radius 2 is 1.50 bits per heavy atom. The van der Waals surface area contributed by atoms with Gasteiger partial charge in [-0.15, -0.1) is 0 Å². The molecule has 136 valence electrons. The first-order valence-corrected chi connectivity index (χ1v) is 9.82. The fourth-order valence-corrected chi connectivity index (χ4v) is 4.39. The Hall–Kier alpha value is -2.33. The molecular formula is C20H22NO4P. The number of rotatable bonds is 7. The SMILES string of the molecule is COc1ccc(NC(c2cccc3ccccc23)P(=O)(OC)OC)cc1. The van der Waals surface area contributed by atoms with Crippen molar-refractivity contribution in [2.24, 2.45) is 0 Å². The first-order chi connectivity index (χ1) is 12.6. The zero-order valence-electron chi connectivity index (χ0n) is 15.0. The van der Waals surface area contributed by atoms with Crippen LogP contribution in [0.2, 0.25) is 0 Å². The normalized spacial score (nSPS) is 12.7. The number of nitrogens with one attached hydrogen (secondary N) is 1. The smallest absolute Gasteiger partial charge is 0.356 e. The van der Waals surface area contributed by atoms with Crippen molar-refractivity contribution in [1.29, 1.82) is 0 Å². The predicted molar refractivity (Wildman–Crippen MR) is 105 cm³/mol.